The summed E-state index contributed by atoms with van der Waals surface area (Å²) >= 11 is 0. The fourth-order valence-electron chi connectivity index (χ4n) is 1.05. The minimum absolute atomic E-state index is 0.0128. The van der Waals surface area contributed by atoms with Crippen LogP contribution in [0.4, 0.5) is 0 Å². The summed E-state index contributed by atoms with van der Waals surface area (Å²) in [4.78, 5) is 11.1. The van der Waals surface area contributed by atoms with Crippen molar-refractivity contribution in [2.75, 3.05) is 0 Å². The molecule has 0 fully saturated rings. The van der Waals surface area contributed by atoms with E-state index in [1.807, 2.05) is 6.92 Å². The molecule has 0 aromatic heterocycles. The molecule has 0 spiro atoms. The Morgan fingerprint density at radius 2 is 1.73 bits per heavy atom. The van der Waals surface area contributed by atoms with E-state index >= 15 is 0 Å². The summed E-state index contributed by atoms with van der Waals surface area (Å²) in [5.41, 5.74) is 5.76. The first-order valence-electron chi connectivity index (χ1n) is 5.43. The fourth-order valence-corrected chi connectivity index (χ4v) is 2.47. The van der Waals surface area contributed by atoms with E-state index in [4.69, 9.17) is 10.2 Å². The van der Waals surface area contributed by atoms with E-state index < -0.39 is 14.4 Å². The summed E-state index contributed by atoms with van der Waals surface area (Å²) in [7, 11) is -1.81. The van der Waals surface area contributed by atoms with Crippen molar-refractivity contribution in [3.8, 4) is 0 Å². The van der Waals surface area contributed by atoms with Gasteiger partial charge in [-0.2, -0.15) is 0 Å². The third kappa shape index (κ3) is 4.05. The van der Waals surface area contributed by atoms with Gasteiger partial charge in [0.25, 0.3) is 0 Å². The van der Waals surface area contributed by atoms with Crippen molar-refractivity contribution in [1.82, 2.24) is 0 Å². The molecule has 3 nitrogen and oxygen atoms in total. The molecule has 0 rings (SSSR count). The average molecular weight is 231 g/mol. The van der Waals surface area contributed by atoms with Crippen molar-refractivity contribution < 1.29 is 9.22 Å². The molecule has 0 aliphatic carbocycles. The maximum absolute atomic E-state index is 11.1. The minimum Gasteiger partial charge on any atom is -0.412 e. The quantitative estimate of drug-likeness (QED) is 0.755. The molecule has 15 heavy (non-hydrogen) atoms. The number of ketones is 1. The molecule has 0 aromatic rings. The van der Waals surface area contributed by atoms with Crippen molar-refractivity contribution in [3.05, 3.63) is 0 Å². The highest BCUT2D eigenvalue weighted by Gasteiger charge is 2.39. The molecule has 0 bridgehead atoms. The topological polar surface area (TPSA) is 52.3 Å². The van der Waals surface area contributed by atoms with E-state index in [0.717, 1.165) is 0 Å². The second-order valence-corrected chi connectivity index (χ2v) is 10.5. The van der Waals surface area contributed by atoms with Crippen LogP contribution >= 0.6 is 0 Å². The lowest BCUT2D eigenvalue weighted by Crippen LogP contribution is -2.50. The Balaban J connectivity index is 4.54. The van der Waals surface area contributed by atoms with E-state index in [-0.39, 0.29) is 16.9 Å². The lowest BCUT2D eigenvalue weighted by molar-refractivity contribution is -0.120. The second kappa shape index (κ2) is 4.76. The van der Waals surface area contributed by atoms with Crippen LogP contribution in [0.5, 0.6) is 0 Å². The summed E-state index contributed by atoms with van der Waals surface area (Å²) < 4.78 is 6.02. The van der Waals surface area contributed by atoms with Crippen LogP contribution in [-0.4, -0.2) is 26.2 Å². The monoisotopic (exact) mass is 231 g/mol. The summed E-state index contributed by atoms with van der Waals surface area (Å²) in [6.07, 6.45) is -0.191. The number of carbonyl (C=O) groups excluding carboxylic acids is 1. The maximum atomic E-state index is 11.1. The van der Waals surface area contributed by atoms with Gasteiger partial charge in [-0.15, -0.1) is 0 Å². The third-order valence-electron chi connectivity index (χ3n) is 3.26. The normalized spacial score (nSPS) is 17.3. The lowest BCUT2D eigenvalue weighted by Gasteiger charge is -2.39. The van der Waals surface area contributed by atoms with Crippen molar-refractivity contribution in [2.45, 2.75) is 64.9 Å². The first-order chi connectivity index (χ1) is 6.49. The zero-order valence-electron chi connectivity index (χ0n) is 11.0. The Hall–Kier alpha value is -0.193. The molecule has 0 aliphatic rings. The molecule has 0 aliphatic heterocycles. The van der Waals surface area contributed by atoms with E-state index in [9.17, 15) is 4.79 Å². The Kier molecular flexibility index (Phi) is 4.70. The van der Waals surface area contributed by atoms with Crippen molar-refractivity contribution in [1.29, 1.82) is 0 Å². The second-order valence-electron chi connectivity index (χ2n) is 5.72. The van der Waals surface area contributed by atoms with Gasteiger partial charge in [-0.1, -0.05) is 20.8 Å². The number of hydrogen-bond acceptors (Lipinski definition) is 3. The zero-order chi connectivity index (χ0) is 12.4. The van der Waals surface area contributed by atoms with Gasteiger partial charge in [0.15, 0.2) is 8.32 Å². The standard InChI is InChI=1S/C11H25NO2Si/c1-8(13)10(12)9(2)14-15(6,7)11(3,4)5/h9-10H,12H2,1-7H3/t9-,10-/m1/s1. The van der Waals surface area contributed by atoms with Crippen molar-refractivity contribution in [3.63, 3.8) is 0 Å². The number of Topliss-reactive ketones (excluding diaryl/α,β-unsaturated/α-hetero) is 1. The molecular weight excluding hydrogens is 206 g/mol. The van der Waals surface area contributed by atoms with E-state index in [1.54, 1.807) is 0 Å². The van der Waals surface area contributed by atoms with Gasteiger partial charge in [-0.3, -0.25) is 4.79 Å². The van der Waals surface area contributed by atoms with Gasteiger partial charge in [-0.25, -0.2) is 0 Å². The molecule has 0 unspecified atom stereocenters. The van der Waals surface area contributed by atoms with Gasteiger partial charge < -0.3 is 10.2 Å². The van der Waals surface area contributed by atoms with Crippen LogP contribution in [0.3, 0.4) is 0 Å². The highest BCUT2D eigenvalue weighted by Crippen LogP contribution is 2.37. The fraction of sp³-hybridized carbons (Fsp3) is 0.909. The maximum Gasteiger partial charge on any atom is 0.192 e. The van der Waals surface area contributed by atoms with Gasteiger partial charge in [-0.05, 0) is 32.0 Å². The molecule has 0 aromatic carbocycles. The third-order valence-corrected chi connectivity index (χ3v) is 7.84. The van der Waals surface area contributed by atoms with Crippen LogP contribution < -0.4 is 5.73 Å². The molecule has 2 N–H and O–H groups in total. The molecular formula is C11H25NO2Si. The molecule has 90 valence electrons. The lowest BCUT2D eigenvalue weighted by atomic mass is 10.1. The molecule has 0 saturated heterocycles. The van der Waals surface area contributed by atoms with Crippen LogP contribution in [0.2, 0.25) is 18.1 Å². The smallest absolute Gasteiger partial charge is 0.192 e. The first kappa shape index (κ1) is 14.8. The number of carbonyl (C=O) groups is 1. The van der Waals surface area contributed by atoms with Crippen LogP contribution in [0, 0.1) is 0 Å². The Morgan fingerprint density at radius 1 is 1.33 bits per heavy atom. The molecule has 4 heteroatoms. The van der Waals surface area contributed by atoms with Gasteiger partial charge >= 0.3 is 0 Å². The largest absolute Gasteiger partial charge is 0.412 e. The SMILES string of the molecule is CC(=O)[C@@H](N)[C@@H](C)O[Si](C)(C)C(C)(C)C. The Labute approximate surface area is 94.5 Å². The summed E-state index contributed by atoms with van der Waals surface area (Å²) in [5.74, 6) is -0.0128. The molecule has 2 atom stereocenters. The Morgan fingerprint density at radius 3 is 2.00 bits per heavy atom. The summed E-state index contributed by atoms with van der Waals surface area (Å²) in [6.45, 7) is 14.2. The van der Waals surface area contributed by atoms with E-state index in [2.05, 4.69) is 33.9 Å². The van der Waals surface area contributed by atoms with Crippen LogP contribution in [0.1, 0.15) is 34.6 Å². The first-order valence-corrected chi connectivity index (χ1v) is 8.33. The van der Waals surface area contributed by atoms with Crippen molar-refractivity contribution in [2.24, 2.45) is 5.73 Å². The average Bonchev–Trinajstić information content (AvgIpc) is 1.99. The van der Waals surface area contributed by atoms with Crippen LogP contribution in [-0.2, 0) is 9.22 Å². The van der Waals surface area contributed by atoms with Crippen LogP contribution in [0.25, 0.3) is 0 Å². The number of rotatable bonds is 4. The molecule has 0 amide bonds. The van der Waals surface area contributed by atoms with Gasteiger partial charge in [0.1, 0.15) is 5.78 Å². The molecule has 0 radical (unpaired) electrons. The predicted molar refractivity (Wildman–Crippen MR) is 66.4 cm³/mol. The van der Waals surface area contributed by atoms with Crippen LogP contribution in [0.15, 0.2) is 0 Å². The summed E-state index contributed by atoms with van der Waals surface area (Å²) in [5, 5.41) is 0.151. The van der Waals surface area contributed by atoms with E-state index in [0.29, 0.717) is 0 Å². The molecule has 0 heterocycles. The predicted octanol–water partition coefficient (Wildman–Crippen LogP) is 2.31. The highest BCUT2D eigenvalue weighted by molar-refractivity contribution is 6.74. The van der Waals surface area contributed by atoms with Gasteiger partial charge in [0.05, 0.1) is 12.1 Å². The number of nitrogens with two attached hydrogens (primary N) is 1. The molecule has 0 saturated carbocycles. The summed E-state index contributed by atoms with van der Waals surface area (Å²) in [6, 6.07) is -0.501. The zero-order valence-corrected chi connectivity index (χ0v) is 12.0. The number of hydrogen-bond donors (Lipinski definition) is 1. The highest BCUT2D eigenvalue weighted by atomic mass is 28.4. The van der Waals surface area contributed by atoms with Gasteiger partial charge in [0, 0.05) is 0 Å². The van der Waals surface area contributed by atoms with Gasteiger partial charge in [0.2, 0.25) is 0 Å². The Bertz CT molecular complexity index is 233. The van der Waals surface area contributed by atoms with Crippen molar-refractivity contribution >= 4 is 14.1 Å². The van der Waals surface area contributed by atoms with E-state index in [1.165, 1.54) is 6.92 Å². The minimum atomic E-state index is -1.81.